The van der Waals surface area contributed by atoms with Gasteiger partial charge in [0, 0.05) is 34.4 Å². The van der Waals surface area contributed by atoms with E-state index < -0.39 is 11.8 Å². The van der Waals surface area contributed by atoms with Crippen molar-refractivity contribution in [3.8, 4) is 11.5 Å². The van der Waals surface area contributed by atoms with Crippen molar-refractivity contribution >= 4 is 33.3 Å². The van der Waals surface area contributed by atoms with Gasteiger partial charge in [0.15, 0.2) is 0 Å². The molecule has 0 saturated carbocycles. The predicted octanol–water partition coefficient (Wildman–Crippen LogP) is 3.34. The van der Waals surface area contributed by atoms with E-state index in [2.05, 4.69) is 26.6 Å². The summed E-state index contributed by atoms with van der Waals surface area (Å²) in [7, 11) is 0. The molecule has 6 nitrogen and oxygen atoms in total. The van der Waals surface area contributed by atoms with Crippen LogP contribution in [0.1, 0.15) is 34.8 Å². The van der Waals surface area contributed by atoms with Crippen molar-refractivity contribution in [1.82, 2.24) is 10.6 Å². The third kappa shape index (κ3) is 4.49. The highest BCUT2D eigenvalue weighted by atomic mass is 79.9. The maximum absolute atomic E-state index is 12.2. The molecule has 1 aliphatic rings. The lowest BCUT2D eigenvalue weighted by atomic mass is 9.95. The second kappa shape index (κ2) is 8.26. The molecule has 0 bridgehead atoms. The van der Waals surface area contributed by atoms with Gasteiger partial charge >= 0.3 is 0 Å². The van der Waals surface area contributed by atoms with E-state index in [4.69, 9.17) is 4.74 Å². The minimum Gasteiger partial charge on any atom is -0.508 e. The molecule has 3 rings (SSSR count). The summed E-state index contributed by atoms with van der Waals surface area (Å²) in [5.74, 6) is -0.161. The Bertz CT molecular complexity index is 924. The number of phenols is 1. The van der Waals surface area contributed by atoms with Gasteiger partial charge in [0.1, 0.15) is 11.5 Å². The quantitative estimate of drug-likeness (QED) is 0.483. The monoisotopic (exact) mass is 430 g/mol. The molecular weight excluding hydrogens is 412 g/mol. The fourth-order valence-corrected chi connectivity index (χ4v) is 3.12. The van der Waals surface area contributed by atoms with Crippen LogP contribution in [0, 0.1) is 0 Å². The number of aromatic hydroxyl groups is 1. The molecule has 2 amide bonds. The van der Waals surface area contributed by atoms with Crippen molar-refractivity contribution in [3.63, 3.8) is 0 Å². The molecule has 0 radical (unpaired) electrons. The molecule has 0 spiro atoms. The lowest BCUT2D eigenvalue weighted by Crippen LogP contribution is -2.37. The summed E-state index contributed by atoms with van der Waals surface area (Å²) in [6, 6.07) is 10.2. The van der Waals surface area contributed by atoms with Gasteiger partial charge in [-0.3, -0.25) is 14.9 Å². The molecule has 1 aliphatic heterocycles. The van der Waals surface area contributed by atoms with Gasteiger partial charge in [-0.2, -0.15) is 0 Å². The molecule has 0 aliphatic carbocycles. The number of rotatable bonds is 6. The summed E-state index contributed by atoms with van der Waals surface area (Å²) in [5, 5.41) is 15.2. The van der Waals surface area contributed by atoms with E-state index in [1.54, 1.807) is 36.5 Å². The third-order valence-electron chi connectivity index (χ3n) is 3.96. The maximum Gasteiger partial charge on any atom is 0.260 e. The van der Waals surface area contributed by atoms with Crippen molar-refractivity contribution in [2.45, 2.75) is 19.9 Å². The van der Waals surface area contributed by atoms with E-state index >= 15 is 0 Å². The number of carbonyl (C=O) groups excluding carboxylic acids is 2. The van der Waals surface area contributed by atoms with Gasteiger partial charge in [0.2, 0.25) is 0 Å². The van der Waals surface area contributed by atoms with E-state index in [0.29, 0.717) is 35.6 Å². The minimum absolute atomic E-state index is 0.114. The summed E-state index contributed by atoms with van der Waals surface area (Å²) < 4.78 is 6.33. The van der Waals surface area contributed by atoms with Crippen molar-refractivity contribution in [2.24, 2.45) is 0 Å². The zero-order valence-electron chi connectivity index (χ0n) is 14.7. The molecule has 0 atom stereocenters. The highest BCUT2D eigenvalue weighted by Gasteiger charge is 2.27. The Morgan fingerprint density at radius 3 is 2.74 bits per heavy atom. The Hall–Kier alpha value is -2.80. The number of carbonyl (C=O) groups is 2. The lowest BCUT2D eigenvalue weighted by molar-refractivity contribution is -0.114. The number of phenolic OH excluding ortho intramolecular Hbond substituents is 1. The Kier molecular flexibility index (Phi) is 5.81. The normalized spacial score (nSPS) is 14.7. The number of fused-ring (bicyclic) bond motifs is 1. The molecule has 2 aromatic carbocycles. The fraction of sp³-hybridized carbons (Fsp3) is 0.200. The zero-order chi connectivity index (χ0) is 19.4. The van der Waals surface area contributed by atoms with E-state index in [1.165, 1.54) is 0 Å². The van der Waals surface area contributed by atoms with Gasteiger partial charge in [0.25, 0.3) is 11.8 Å². The predicted molar refractivity (Wildman–Crippen MR) is 105 cm³/mol. The van der Waals surface area contributed by atoms with Crippen LogP contribution in [0.3, 0.4) is 0 Å². The Labute approximate surface area is 165 Å². The summed E-state index contributed by atoms with van der Waals surface area (Å²) in [6.07, 6.45) is 2.45. The Morgan fingerprint density at radius 2 is 1.96 bits per heavy atom. The van der Waals surface area contributed by atoms with Gasteiger partial charge in [0.05, 0.1) is 12.2 Å². The van der Waals surface area contributed by atoms with Crippen LogP contribution in [0.25, 0.3) is 5.57 Å². The first-order chi connectivity index (χ1) is 13.0. The molecule has 0 saturated heterocycles. The molecule has 0 aromatic heterocycles. The van der Waals surface area contributed by atoms with Crippen LogP contribution in [-0.2, 0) is 11.3 Å². The standard InChI is InChI=1S/C20H19BrN2O4/c1-2-5-27-15-7-12(6-14(24)9-15)10-22-11-18-17-8-13(21)3-4-16(17)19(25)23-20(18)26/h3-4,6-9,11,22,24H,2,5,10H2,1H3,(H,23,25,26). The number of ether oxygens (including phenoxy) is 1. The third-order valence-corrected chi connectivity index (χ3v) is 4.46. The lowest BCUT2D eigenvalue weighted by Gasteiger charge is -2.18. The SMILES string of the molecule is CCCOc1cc(O)cc(CNC=C2C(=O)NC(=O)c3ccc(Br)cc32)c1. The molecule has 2 aromatic rings. The first-order valence-electron chi connectivity index (χ1n) is 8.53. The minimum atomic E-state index is -0.457. The van der Waals surface area contributed by atoms with Crippen molar-refractivity contribution in [3.05, 3.63) is 63.8 Å². The van der Waals surface area contributed by atoms with Crippen LogP contribution in [0.5, 0.6) is 11.5 Å². The number of halogens is 1. The van der Waals surface area contributed by atoms with Crippen molar-refractivity contribution < 1.29 is 19.4 Å². The van der Waals surface area contributed by atoms with Crippen molar-refractivity contribution in [2.75, 3.05) is 6.61 Å². The molecule has 1 heterocycles. The molecule has 3 N–H and O–H groups in total. The van der Waals surface area contributed by atoms with Crippen LogP contribution in [-0.4, -0.2) is 23.5 Å². The number of benzene rings is 2. The number of imide groups is 1. The van der Waals surface area contributed by atoms with Gasteiger partial charge in [-0.15, -0.1) is 0 Å². The van der Waals surface area contributed by atoms with E-state index in [0.717, 1.165) is 16.5 Å². The molecule has 140 valence electrons. The smallest absolute Gasteiger partial charge is 0.260 e. The van der Waals surface area contributed by atoms with Gasteiger partial charge in [-0.1, -0.05) is 22.9 Å². The topological polar surface area (TPSA) is 87.7 Å². The zero-order valence-corrected chi connectivity index (χ0v) is 16.3. The average molecular weight is 431 g/mol. The number of hydrogen-bond donors (Lipinski definition) is 3. The number of nitrogens with one attached hydrogen (secondary N) is 2. The molecule has 27 heavy (non-hydrogen) atoms. The fourth-order valence-electron chi connectivity index (χ4n) is 2.76. The second-order valence-electron chi connectivity index (χ2n) is 6.10. The molecule has 0 unspecified atom stereocenters. The number of hydrogen-bond acceptors (Lipinski definition) is 5. The summed E-state index contributed by atoms with van der Waals surface area (Å²) in [5.41, 5.74) is 2.18. The van der Waals surface area contributed by atoms with Crippen LogP contribution < -0.4 is 15.4 Å². The molecule has 0 fully saturated rings. The van der Waals surface area contributed by atoms with E-state index in [-0.39, 0.29) is 5.75 Å². The highest BCUT2D eigenvalue weighted by Crippen LogP contribution is 2.27. The van der Waals surface area contributed by atoms with Crippen molar-refractivity contribution in [1.29, 1.82) is 0 Å². The van der Waals surface area contributed by atoms with Gasteiger partial charge < -0.3 is 15.2 Å². The molecule has 7 heteroatoms. The largest absolute Gasteiger partial charge is 0.508 e. The maximum atomic E-state index is 12.2. The van der Waals surface area contributed by atoms with Gasteiger partial charge in [-0.25, -0.2) is 0 Å². The van der Waals surface area contributed by atoms with E-state index in [1.807, 2.05) is 13.0 Å². The Balaban J connectivity index is 1.80. The van der Waals surface area contributed by atoms with Crippen LogP contribution >= 0.6 is 15.9 Å². The van der Waals surface area contributed by atoms with Crippen LogP contribution in [0.4, 0.5) is 0 Å². The summed E-state index contributed by atoms with van der Waals surface area (Å²) >= 11 is 3.37. The molecular formula is C20H19BrN2O4. The average Bonchev–Trinajstić information content (AvgIpc) is 2.62. The Morgan fingerprint density at radius 1 is 1.15 bits per heavy atom. The first-order valence-corrected chi connectivity index (χ1v) is 9.32. The van der Waals surface area contributed by atoms with Crippen LogP contribution in [0.15, 0.2) is 47.1 Å². The van der Waals surface area contributed by atoms with Gasteiger partial charge in [-0.05, 0) is 42.3 Å². The second-order valence-corrected chi connectivity index (χ2v) is 7.01. The van der Waals surface area contributed by atoms with Crippen LogP contribution in [0.2, 0.25) is 0 Å². The summed E-state index contributed by atoms with van der Waals surface area (Å²) in [6.45, 7) is 2.96. The first kappa shape index (κ1) is 19.0. The highest BCUT2D eigenvalue weighted by molar-refractivity contribution is 9.10. The van der Waals surface area contributed by atoms with E-state index in [9.17, 15) is 14.7 Å². The summed E-state index contributed by atoms with van der Waals surface area (Å²) in [4.78, 5) is 24.2. The number of amides is 2.